The number of nitrogens with zero attached hydrogens (tertiary/aromatic N) is 3. The van der Waals surface area contributed by atoms with E-state index in [0.717, 1.165) is 45.8 Å². The molecule has 1 aliphatic heterocycles. The Labute approximate surface area is 93.5 Å². The molecule has 4 heteroatoms. The standard InChI is InChI=1S/C11H25N3O/c1-11(15)10-14-8-6-13(7-9-14)5-4-12(2)3/h11,15H,4-10H2,1-3H3/t11-/m1/s1. The lowest BCUT2D eigenvalue weighted by molar-refractivity contribution is 0.0783. The second-order valence-electron chi connectivity index (χ2n) is 4.79. The van der Waals surface area contributed by atoms with Crippen molar-refractivity contribution in [2.45, 2.75) is 13.0 Å². The summed E-state index contributed by atoms with van der Waals surface area (Å²) in [5.74, 6) is 0. The SMILES string of the molecule is C[C@@H](O)CN1CCN(CCN(C)C)CC1. The summed E-state index contributed by atoms with van der Waals surface area (Å²) < 4.78 is 0. The van der Waals surface area contributed by atoms with Gasteiger partial charge in [-0.05, 0) is 21.0 Å². The molecule has 1 heterocycles. The minimum absolute atomic E-state index is 0.196. The van der Waals surface area contributed by atoms with Crippen molar-refractivity contribution in [1.82, 2.24) is 14.7 Å². The van der Waals surface area contributed by atoms with Crippen LogP contribution >= 0.6 is 0 Å². The van der Waals surface area contributed by atoms with Crippen LogP contribution in [0.2, 0.25) is 0 Å². The Bertz CT molecular complexity index is 165. The molecule has 0 saturated carbocycles. The second kappa shape index (κ2) is 6.43. The Balaban J connectivity index is 2.12. The molecule has 0 unspecified atom stereocenters. The Hall–Kier alpha value is -0.160. The lowest BCUT2D eigenvalue weighted by Crippen LogP contribution is -2.49. The zero-order chi connectivity index (χ0) is 11.3. The van der Waals surface area contributed by atoms with Crippen molar-refractivity contribution in [3.63, 3.8) is 0 Å². The number of aliphatic hydroxyl groups is 1. The van der Waals surface area contributed by atoms with Gasteiger partial charge in [-0.1, -0.05) is 0 Å². The van der Waals surface area contributed by atoms with E-state index in [0.29, 0.717) is 0 Å². The van der Waals surface area contributed by atoms with Gasteiger partial charge in [0.2, 0.25) is 0 Å². The maximum Gasteiger partial charge on any atom is 0.0639 e. The fourth-order valence-electron chi connectivity index (χ4n) is 1.91. The molecule has 1 rings (SSSR count). The van der Waals surface area contributed by atoms with Crippen LogP contribution in [0, 0.1) is 0 Å². The number of β-amino-alcohol motifs (C(OH)–C–C–N with tert-alkyl or cyclic N) is 1. The molecule has 15 heavy (non-hydrogen) atoms. The fourth-order valence-corrected chi connectivity index (χ4v) is 1.91. The number of hydrogen-bond donors (Lipinski definition) is 1. The van der Waals surface area contributed by atoms with Crippen molar-refractivity contribution in [3.05, 3.63) is 0 Å². The van der Waals surface area contributed by atoms with Gasteiger partial charge in [-0.2, -0.15) is 0 Å². The summed E-state index contributed by atoms with van der Waals surface area (Å²) in [6.07, 6.45) is -0.196. The van der Waals surface area contributed by atoms with Crippen LogP contribution in [-0.4, -0.2) is 85.8 Å². The lowest BCUT2D eigenvalue weighted by Gasteiger charge is -2.35. The maximum absolute atomic E-state index is 9.28. The topological polar surface area (TPSA) is 30.0 Å². The monoisotopic (exact) mass is 215 g/mol. The molecule has 1 aliphatic rings. The third-order valence-electron chi connectivity index (χ3n) is 2.85. The van der Waals surface area contributed by atoms with Crippen molar-refractivity contribution in [2.24, 2.45) is 0 Å². The van der Waals surface area contributed by atoms with E-state index in [4.69, 9.17) is 0 Å². The maximum atomic E-state index is 9.28. The van der Waals surface area contributed by atoms with Gasteiger partial charge in [-0.15, -0.1) is 0 Å². The third-order valence-corrected chi connectivity index (χ3v) is 2.85. The molecule has 1 fully saturated rings. The third kappa shape index (κ3) is 5.47. The van der Waals surface area contributed by atoms with E-state index in [2.05, 4.69) is 28.8 Å². The van der Waals surface area contributed by atoms with Gasteiger partial charge in [0.25, 0.3) is 0 Å². The Morgan fingerprint density at radius 3 is 2.13 bits per heavy atom. The minimum Gasteiger partial charge on any atom is -0.392 e. The van der Waals surface area contributed by atoms with E-state index in [-0.39, 0.29) is 6.10 Å². The Morgan fingerprint density at radius 2 is 1.67 bits per heavy atom. The van der Waals surface area contributed by atoms with Gasteiger partial charge in [0.15, 0.2) is 0 Å². The summed E-state index contributed by atoms with van der Waals surface area (Å²) in [5.41, 5.74) is 0. The van der Waals surface area contributed by atoms with Crippen LogP contribution in [-0.2, 0) is 0 Å². The van der Waals surface area contributed by atoms with Crippen LogP contribution in [0.3, 0.4) is 0 Å². The van der Waals surface area contributed by atoms with Crippen LogP contribution in [0.4, 0.5) is 0 Å². The van der Waals surface area contributed by atoms with Crippen LogP contribution in [0.1, 0.15) is 6.92 Å². The van der Waals surface area contributed by atoms with Crippen molar-refractivity contribution in [3.8, 4) is 0 Å². The van der Waals surface area contributed by atoms with Gasteiger partial charge in [-0.3, -0.25) is 9.80 Å². The number of hydrogen-bond acceptors (Lipinski definition) is 4. The molecule has 1 atom stereocenters. The van der Waals surface area contributed by atoms with Gasteiger partial charge in [0.1, 0.15) is 0 Å². The highest BCUT2D eigenvalue weighted by Crippen LogP contribution is 2.02. The molecule has 0 radical (unpaired) electrons. The first-order valence-corrected chi connectivity index (χ1v) is 5.85. The molecule has 0 amide bonds. The van der Waals surface area contributed by atoms with Gasteiger partial charge in [0, 0.05) is 45.8 Å². The van der Waals surface area contributed by atoms with Crippen molar-refractivity contribution >= 4 is 0 Å². The molecule has 4 nitrogen and oxygen atoms in total. The predicted molar refractivity (Wildman–Crippen MR) is 63.1 cm³/mol. The van der Waals surface area contributed by atoms with E-state index in [1.807, 2.05) is 6.92 Å². The molecular formula is C11H25N3O. The highest BCUT2D eigenvalue weighted by atomic mass is 16.3. The molecule has 90 valence electrons. The van der Waals surface area contributed by atoms with Gasteiger partial charge < -0.3 is 10.0 Å². The fraction of sp³-hybridized carbons (Fsp3) is 1.00. The van der Waals surface area contributed by atoms with E-state index >= 15 is 0 Å². The first kappa shape index (κ1) is 12.9. The first-order valence-electron chi connectivity index (χ1n) is 5.85. The van der Waals surface area contributed by atoms with Crippen LogP contribution in [0.5, 0.6) is 0 Å². The molecule has 1 saturated heterocycles. The average Bonchev–Trinajstić information content (AvgIpc) is 2.16. The van der Waals surface area contributed by atoms with Crippen molar-refractivity contribution in [2.75, 3.05) is 59.9 Å². The highest BCUT2D eigenvalue weighted by Gasteiger charge is 2.17. The van der Waals surface area contributed by atoms with Crippen LogP contribution < -0.4 is 0 Å². The molecule has 0 aromatic carbocycles. The summed E-state index contributed by atoms with van der Waals surface area (Å²) in [7, 11) is 4.23. The molecule has 1 N–H and O–H groups in total. The number of likely N-dealkylation sites (N-methyl/N-ethyl adjacent to an activating group) is 1. The molecule has 0 bridgehead atoms. The number of rotatable bonds is 5. The lowest BCUT2D eigenvalue weighted by atomic mass is 10.3. The quantitative estimate of drug-likeness (QED) is 0.672. The summed E-state index contributed by atoms with van der Waals surface area (Å²) in [6, 6.07) is 0. The molecular weight excluding hydrogens is 190 g/mol. The smallest absolute Gasteiger partial charge is 0.0639 e. The highest BCUT2D eigenvalue weighted by molar-refractivity contribution is 4.73. The zero-order valence-electron chi connectivity index (χ0n) is 10.3. The average molecular weight is 215 g/mol. The van der Waals surface area contributed by atoms with Gasteiger partial charge in [-0.25, -0.2) is 0 Å². The van der Waals surface area contributed by atoms with Gasteiger partial charge >= 0.3 is 0 Å². The van der Waals surface area contributed by atoms with Crippen molar-refractivity contribution in [1.29, 1.82) is 0 Å². The summed E-state index contributed by atoms with van der Waals surface area (Å²) in [5, 5.41) is 9.28. The largest absolute Gasteiger partial charge is 0.392 e. The normalized spacial score (nSPS) is 22.2. The number of piperazine rings is 1. The summed E-state index contributed by atoms with van der Waals surface area (Å²) in [4.78, 5) is 7.07. The zero-order valence-corrected chi connectivity index (χ0v) is 10.3. The summed E-state index contributed by atoms with van der Waals surface area (Å²) >= 11 is 0. The Morgan fingerprint density at radius 1 is 1.13 bits per heavy atom. The first-order chi connectivity index (χ1) is 7.08. The minimum atomic E-state index is -0.196. The molecule has 0 spiro atoms. The van der Waals surface area contributed by atoms with E-state index in [9.17, 15) is 5.11 Å². The predicted octanol–water partition coefficient (Wildman–Crippen LogP) is -0.454. The Kier molecular flexibility index (Phi) is 5.53. The van der Waals surface area contributed by atoms with E-state index in [1.165, 1.54) is 0 Å². The molecule has 0 aromatic heterocycles. The summed E-state index contributed by atoms with van der Waals surface area (Å²) in [6.45, 7) is 9.45. The van der Waals surface area contributed by atoms with Crippen LogP contribution in [0.15, 0.2) is 0 Å². The van der Waals surface area contributed by atoms with Crippen LogP contribution in [0.25, 0.3) is 0 Å². The molecule has 0 aromatic rings. The van der Waals surface area contributed by atoms with E-state index in [1.54, 1.807) is 0 Å². The van der Waals surface area contributed by atoms with Gasteiger partial charge in [0.05, 0.1) is 6.10 Å². The number of aliphatic hydroxyl groups excluding tert-OH is 1. The second-order valence-corrected chi connectivity index (χ2v) is 4.79. The van der Waals surface area contributed by atoms with E-state index < -0.39 is 0 Å². The van der Waals surface area contributed by atoms with Crippen molar-refractivity contribution < 1.29 is 5.11 Å². The molecule has 0 aliphatic carbocycles.